The minimum Gasteiger partial charge on any atom is -0.488 e. The van der Waals surface area contributed by atoms with Gasteiger partial charge in [0.05, 0.1) is 5.52 Å². The van der Waals surface area contributed by atoms with Gasteiger partial charge >= 0.3 is 0 Å². The molecule has 0 radical (unpaired) electrons. The molecule has 0 saturated carbocycles. The van der Waals surface area contributed by atoms with Crippen LogP contribution in [0.15, 0.2) is 60.8 Å². The first-order valence-corrected chi connectivity index (χ1v) is 7.98. The molecule has 0 unspecified atom stereocenters. The number of ether oxygens (including phenoxy) is 1. The van der Waals surface area contributed by atoms with E-state index in [9.17, 15) is 0 Å². The first-order chi connectivity index (χ1) is 10.7. The van der Waals surface area contributed by atoms with E-state index in [0.29, 0.717) is 6.61 Å². The Hall–Kier alpha value is -2.22. The zero-order chi connectivity index (χ0) is 15.4. The van der Waals surface area contributed by atoms with Crippen molar-refractivity contribution in [2.45, 2.75) is 33.4 Å². The molecule has 22 heavy (non-hydrogen) atoms. The summed E-state index contributed by atoms with van der Waals surface area (Å²) in [5.74, 6) is 1.68. The van der Waals surface area contributed by atoms with Crippen molar-refractivity contribution < 1.29 is 4.74 Å². The molecule has 3 aromatic rings. The van der Waals surface area contributed by atoms with Crippen LogP contribution in [0.25, 0.3) is 10.9 Å². The molecule has 0 spiro atoms. The zero-order valence-electron chi connectivity index (χ0n) is 13.3. The quantitative estimate of drug-likeness (QED) is 0.604. The summed E-state index contributed by atoms with van der Waals surface area (Å²) in [4.78, 5) is 0. The smallest absolute Gasteiger partial charge is 0.129 e. The second-order valence-corrected chi connectivity index (χ2v) is 6.15. The highest BCUT2D eigenvalue weighted by Gasteiger charge is 2.07. The number of hydrogen-bond acceptors (Lipinski definition) is 1. The number of aromatic nitrogens is 1. The highest BCUT2D eigenvalue weighted by molar-refractivity contribution is 5.86. The van der Waals surface area contributed by atoms with Crippen molar-refractivity contribution in [1.82, 2.24) is 4.57 Å². The number of fused-ring (bicyclic) bond motifs is 1. The number of aryl methyl sites for hydroxylation is 1. The lowest BCUT2D eigenvalue weighted by Gasteiger charge is -2.10. The van der Waals surface area contributed by atoms with Crippen molar-refractivity contribution in [3.63, 3.8) is 0 Å². The highest BCUT2D eigenvalue weighted by Crippen LogP contribution is 2.27. The van der Waals surface area contributed by atoms with E-state index < -0.39 is 0 Å². The second-order valence-electron chi connectivity index (χ2n) is 6.15. The topological polar surface area (TPSA) is 14.2 Å². The molecule has 0 aliphatic heterocycles. The second kappa shape index (κ2) is 6.69. The van der Waals surface area contributed by atoms with Crippen molar-refractivity contribution in [3.8, 4) is 5.75 Å². The van der Waals surface area contributed by atoms with Crippen molar-refractivity contribution in [2.75, 3.05) is 0 Å². The Kier molecular flexibility index (Phi) is 4.47. The Morgan fingerprint density at radius 1 is 0.955 bits per heavy atom. The molecular formula is C20H23NO. The minimum atomic E-state index is 0.608. The molecule has 0 aliphatic rings. The van der Waals surface area contributed by atoms with Crippen molar-refractivity contribution >= 4 is 10.9 Å². The Morgan fingerprint density at radius 3 is 2.55 bits per heavy atom. The Morgan fingerprint density at radius 2 is 1.77 bits per heavy atom. The summed E-state index contributed by atoms with van der Waals surface area (Å²) in [5, 5.41) is 1.20. The van der Waals surface area contributed by atoms with E-state index in [1.165, 1.54) is 22.9 Å². The van der Waals surface area contributed by atoms with E-state index >= 15 is 0 Å². The molecule has 3 rings (SSSR count). The summed E-state index contributed by atoms with van der Waals surface area (Å²) in [6.45, 7) is 6.20. The first-order valence-electron chi connectivity index (χ1n) is 7.98. The number of rotatable bonds is 6. The summed E-state index contributed by atoms with van der Waals surface area (Å²) in [7, 11) is 0. The monoisotopic (exact) mass is 293 g/mol. The molecule has 2 nitrogen and oxygen atoms in total. The molecule has 0 N–H and O–H groups in total. The third-order valence-electron chi connectivity index (χ3n) is 3.96. The highest BCUT2D eigenvalue weighted by atomic mass is 16.5. The van der Waals surface area contributed by atoms with Crippen LogP contribution in [0.1, 0.15) is 25.8 Å². The van der Waals surface area contributed by atoms with Crippen LogP contribution in [-0.2, 0) is 13.2 Å². The first kappa shape index (κ1) is 14.7. The maximum Gasteiger partial charge on any atom is 0.129 e. The van der Waals surface area contributed by atoms with Gasteiger partial charge in [-0.05, 0) is 36.1 Å². The Balaban J connectivity index is 1.79. The van der Waals surface area contributed by atoms with Gasteiger partial charge in [0.2, 0.25) is 0 Å². The maximum absolute atomic E-state index is 6.03. The SMILES string of the molecule is CC(C)CCn1ccc2c(OCc3ccccc3)cccc21. The normalized spacial score (nSPS) is 11.2. The molecule has 0 amide bonds. The van der Waals surface area contributed by atoms with E-state index in [1.54, 1.807) is 0 Å². The molecule has 0 aliphatic carbocycles. The molecule has 0 atom stereocenters. The maximum atomic E-state index is 6.03. The van der Waals surface area contributed by atoms with Crippen LogP contribution in [0.3, 0.4) is 0 Å². The van der Waals surface area contributed by atoms with Gasteiger partial charge in [-0.2, -0.15) is 0 Å². The van der Waals surface area contributed by atoms with E-state index in [4.69, 9.17) is 4.74 Å². The number of hydrogen-bond donors (Lipinski definition) is 0. The fraction of sp³-hybridized carbons (Fsp3) is 0.300. The Labute approximate surface area is 132 Å². The fourth-order valence-electron chi connectivity index (χ4n) is 2.65. The summed E-state index contributed by atoms with van der Waals surface area (Å²) >= 11 is 0. The van der Waals surface area contributed by atoms with Crippen LogP contribution in [0, 0.1) is 5.92 Å². The number of benzene rings is 2. The van der Waals surface area contributed by atoms with Gasteiger partial charge in [0, 0.05) is 18.1 Å². The predicted octanol–water partition coefficient (Wildman–Crippen LogP) is 5.27. The molecular weight excluding hydrogens is 270 g/mol. The minimum absolute atomic E-state index is 0.608. The molecule has 0 bridgehead atoms. The predicted molar refractivity (Wildman–Crippen MR) is 92.2 cm³/mol. The van der Waals surface area contributed by atoms with Crippen molar-refractivity contribution in [2.24, 2.45) is 5.92 Å². The van der Waals surface area contributed by atoms with Crippen molar-refractivity contribution in [3.05, 3.63) is 66.4 Å². The van der Waals surface area contributed by atoms with E-state index in [2.05, 4.69) is 61.0 Å². The summed E-state index contributed by atoms with van der Waals surface area (Å²) in [6, 6.07) is 18.8. The lowest BCUT2D eigenvalue weighted by Crippen LogP contribution is -2.00. The van der Waals surface area contributed by atoms with E-state index in [1.807, 2.05) is 18.2 Å². The van der Waals surface area contributed by atoms with Gasteiger partial charge in [0.1, 0.15) is 12.4 Å². The average Bonchev–Trinajstić information content (AvgIpc) is 2.95. The molecule has 2 aromatic carbocycles. The lowest BCUT2D eigenvalue weighted by molar-refractivity contribution is 0.310. The van der Waals surface area contributed by atoms with Crippen LogP contribution >= 0.6 is 0 Å². The Bertz CT molecular complexity index is 728. The zero-order valence-corrected chi connectivity index (χ0v) is 13.3. The van der Waals surface area contributed by atoms with Crippen molar-refractivity contribution in [1.29, 1.82) is 0 Å². The third-order valence-corrected chi connectivity index (χ3v) is 3.96. The van der Waals surface area contributed by atoms with Gasteiger partial charge in [-0.1, -0.05) is 50.2 Å². The van der Waals surface area contributed by atoms with Gasteiger partial charge in [-0.25, -0.2) is 0 Å². The van der Waals surface area contributed by atoms with Crippen LogP contribution in [0.5, 0.6) is 5.75 Å². The van der Waals surface area contributed by atoms with Crippen LogP contribution in [0.2, 0.25) is 0 Å². The summed E-state index contributed by atoms with van der Waals surface area (Å²) in [5.41, 5.74) is 2.45. The van der Waals surface area contributed by atoms with Gasteiger partial charge in [-0.3, -0.25) is 0 Å². The van der Waals surface area contributed by atoms with Gasteiger partial charge in [0.15, 0.2) is 0 Å². The standard InChI is InChI=1S/C20H23NO/c1-16(2)11-13-21-14-12-18-19(21)9-6-10-20(18)22-15-17-7-4-3-5-8-17/h3-10,12,14,16H,11,13,15H2,1-2H3. The van der Waals surface area contributed by atoms with Gasteiger partial charge in [-0.15, -0.1) is 0 Å². The van der Waals surface area contributed by atoms with E-state index in [-0.39, 0.29) is 0 Å². The lowest BCUT2D eigenvalue weighted by atomic mass is 10.1. The van der Waals surface area contributed by atoms with E-state index in [0.717, 1.165) is 18.2 Å². The molecule has 0 saturated heterocycles. The summed E-state index contributed by atoms with van der Waals surface area (Å²) in [6.07, 6.45) is 3.36. The molecule has 114 valence electrons. The summed E-state index contributed by atoms with van der Waals surface area (Å²) < 4.78 is 8.36. The molecule has 1 heterocycles. The number of nitrogens with zero attached hydrogens (tertiary/aromatic N) is 1. The fourth-order valence-corrected chi connectivity index (χ4v) is 2.65. The molecule has 1 aromatic heterocycles. The third kappa shape index (κ3) is 3.33. The molecule has 0 fully saturated rings. The average molecular weight is 293 g/mol. The van der Waals surface area contributed by atoms with Crippen LogP contribution in [0.4, 0.5) is 0 Å². The largest absolute Gasteiger partial charge is 0.488 e. The van der Waals surface area contributed by atoms with Gasteiger partial charge < -0.3 is 9.30 Å². The van der Waals surface area contributed by atoms with Gasteiger partial charge in [0.25, 0.3) is 0 Å². The van der Waals surface area contributed by atoms with Crippen LogP contribution < -0.4 is 4.74 Å². The molecule has 2 heteroatoms. The van der Waals surface area contributed by atoms with Crippen LogP contribution in [-0.4, -0.2) is 4.57 Å².